The molecule has 5 nitrogen and oxygen atoms in total. The van der Waals surface area contributed by atoms with E-state index in [0.717, 1.165) is 31.6 Å². The first-order valence-corrected chi connectivity index (χ1v) is 9.34. The molecule has 1 aromatic rings. The van der Waals surface area contributed by atoms with Crippen molar-refractivity contribution in [2.75, 3.05) is 13.1 Å². The van der Waals surface area contributed by atoms with Crippen LogP contribution in [0.2, 0.25) is 0 Å². The lowest BCUT2D eigenvalue weighted by molar-refractivity contribution is 0.00568. The predicted molar refractivity (Wildman–Crippen MR) is 97.2 cm³/mol. The smallest absolute Gasteiger partial charge is 0.410 e. The van der Waals surface area contributed by atoms with E-state index >= 15 is 0 Å². The Labute approximate surface area is 152 Å². The highest BCUT2D eigenvalue weighted by atomic mass is 79.9. The van der Waals surface area contributed by atoms with Gasteiger partial charge in [0.05, 0.1) is 0 Å². The van der Waals surface area contributed by atoms with Crippen LogP contribution in [0.4, 0.5) is 4.79 Å². The SMILES string of the molecule is CC[C@H](Oc1cccnc1Br)[C@H]1CCCN(C(=O)OC(C)(C)C)C1. The van der Waals surface area contributed by atoms with Gasteiger partial charge in [-0.05, 0) is 68.1 Å². The molecule has 0 aliphatic carbocycles. The highest BCUT2D eigenvalue weighted by molar-refractivity contribution is 9.10. The minimum absolute atomic E-state index is 0.0516. The van der Waals surface area contributed by atoms with Gasteiger partial charge in [0.15, 0.2) is 5.75 Å². The summed E-state index contributed by atoms with van der Waals surface area (Å²) in [5.74, 6) is 1.04. The van der Waals surface area contributed by atoms with Crippen LogP contribution in [0.25, 0.3) is 0 Å². The molecule has 1 aliphatic rings. The lowest BCUT2D eigenvalue weighted by atomic mass is 9.91. The molecule has 0 bridgehead atoms. The van der Waals surface area contributed by atoms with Gasteiger partial charge in [-0.25, -0.2) is 9.78 Å². The molecule has 0 saturated carbocycles. The number of pyridine rings is 1. The van der Waals surface area contributed by atoms with E-state index in [1.165, 1.54) is 0 Å². The summed E-state index contributed by atoms with van der Waals surface area (Å²) < 4.78 is 12.4. The summed E-state index contributed by atoms with van der Waals surface area (Å²) in [5.41, 5.74) is -0.467. The van der Waals surface area contributed by atoms with Gasteiger partial charge in [-0.2, -0.15) is 0 Å². The second kappa shape index (κ2) is 8.19. The normalized spacial score (nSPS) is 19.7. The van der Waals surface area contributed by atoms with Gasteiger partial charge in [-0.15, -0.1) is 0 Å². The summed E-state index contributed by atoms with van der Waals surface area (Å²) >= 11 is 3.43. The molecule has 1 saturated heterocycles. The monoisotopic (exact) mass is 398 g/mol. The summed E-state index contributed by atoms with van der Waals surface area (Å²) in [4.78, 5) is 18.3. The number of amides is 1. The average molecular weight is 399 g/mol. The zero-order valence-corrected chi connectivity index (χ0v) is 16.5. The fraction of sp³-hybridized carbons (Fsp3) is 0.667. The molecule has 0 radical (unpaired) electrons. The van der Waals surface area contributed by atoms with Crippen molar-refractivity contribution in [3.63, 3.8) is 0 Å². The molecule has 0 aromatic carbocycles. The second-order valence-corrected chi connectivity index (χ2v) is 7.94. The number of aromatic nitrogens is 1. The third kappa shape index (κ3) is 5.36. The quantitative estimate of drug-likeness (QED) is 0.692. The predicted octanol–water partition coefficient (Wildman–Crippen LogP) is 4.65. The molecule has 0 N–H and O–H groups in total. The molecule has 1 aromatic heterocycles. The van der Waals surface area contributed by atoms with E-state index in [-0.39, 0.29) is 12.2 Å². The van der Waals surface area contributed by atoms with Crippen molar-refractivity contribution in [1.29, 1.82) is 0 Å². The summed E-state index contributed by atoms with van der Waals surface area (Å²) in [6.45, 7) is 9.21. The Morgan fingerprint density at radius 3 is 2.88 bits per heavy atom. The second-order valence-electron chi connectivity index (χ2n) is 7.19. The molecule has 2 heterocycles. The molecular weight excluding hydrogens is 372 g/mol. The average Bonchev–Trinajstić information content (AvgIpc) is 2.52. The number of rotatable bonds is 4. The fourth-order valence-electron chi connectivity index (χ4n) is 2.94. The lowest BCUT2D eigenvalue weighted by Crippen LogP contribution is -2.46. The first-order chi connectivity index (χ1) is 11.3. The van der Waals surface area contributed by atoms with E-state index in [1.54, 1.807) is 6.20 Å². The first-order valence-electron chi connectivity index (χ1n) is 8.55. The number of nitrogens with zero attached hydrogens (tertiary/aromatic N) is 2. The number of ether oxygens (including phenoxy) is 2. The fourth-order valence-corrected chi connectivity index (χ4v) is 3.28. The van der Waals surface area contributed by atoms with Crippen LogP contribution in [-0.2, 0) is 4.74 Å². The van der Waals surface area contributed by atoms with Gasteiger partial charge in [-0.1, -0.05) is 6.92 Å². The van der Waals surface area contributed by atoms with Crippen molar-refractivity contribution in [2.45, 2.75) is 58.7 Å². The van der Waals surface area contributed by atoms with Gasteiger partial charge >= 0.3 is 6.09 Å². The zero-order valence-electron chi connectivity index (χ0n) is 14.9. The van der Waals surface area contributed by atoms with E-state index in [0.29, 0.717) is 17.1 Å². The summed E-state index contributed by atoms with van der Waals surface area (Å²) in [6, 6.07) is 3.77. The Kier molecular flexibility index (Phi) is 6.49. The molecule has 2 rings (SSSR count). The van der Waals surface area contributed by atoms with Crippen molar-refractivity contribution in [1.82, 2.24) is 9.88 Å². The van der Waals surface area contributed by atoms with Crippen molar-refractivity contribution in [3.05, 3.63) is 22.9 Å². The molecule has 0 spiro atoms. The number of hydrogen-bond donors (Lipinski definition) is 0. The third-order valence-corrected chi connectivity index (χ3v) is 4.64. The van der Waals surface area contributed by atoms with Gasteiger partial charge in [-0.3, -0.25) is 0 Å². The zero-order chi connectivity index (χ0) is 17.7. The Morgan fingerprint density at radius 1 is 1.50 bits per heavy atom. The minimum Gasteiger partial charge on any atom is -0.487 e. The Bertz CT molecular complexity index is 559. The number of hydrogen-bond acceptors (Lipinski definition) is 4. The van der Waals surface area contributed by atoms with Crippen LogP contribution < -0.4 is 4.74 Å². The molecule has 6 heteroatoms. The number of likely N-dealkylation sites (tertiary alicyclic amines) is 1. The van der Waals surface area contributed by atoms with E-state index in [1.807, 2.05) is 37.8 Å². The summed E-state index contributed by atoms with van der Waals surface area (Å²) in [5, 5.41) is 0. The maximum atomic E-state index is 12.3. The highest BCUT2D eigenvalue weighted by Crippen LogP contribution is 2.29. The van der Waals surface area contributed by atoms with Gasteiger partial charge in [0.25, 0.3) is 0 Å². The first kappa shape index (κ1) is 19.0. The molecule has 1 fully saturated rings. The molecular formula is C18H27BrN2O3. The molecule has 134 valence electrons. The number of carbonyl (C=O) groups excluding carboxylic acids is 1. The van der Waals surface area contributed by atoms with Crippen LogP contribution >= 0.6 is 15.9 Å². The Morgan fingerprint density at radius 2 is 2.25 bits per heavy atom. The third-order valence-electron chi connectivity index (χ3n) is 4.04. The van der Waals surface area contributed by atoms with Crippen molar-refractivity contribution >= 4 is 22.0 Å². The highest BCUT2D eigenvalue weighted by Gasteiger charge is 2.32. The Hall–Kier alpha value is -1.30. The number of piperidine rings is 1. The van der Waals surface area contributed by atoms with E-state index in [2.05, 4.69) is 27.8 Å². The van der Waals surface area contributed by atoms with E-state index in [4.69, 9.17) is 9.47 Å². The molecule has 0 unspecified atom stereocenters. The largest absolute Gasteiger partial charge is 0.487 e. The molecule has 1 aliphatic heterocycles. The van der Waals surface area contributed by atoms with Crippen molar-refractivity contribution in [2.24, 2.45) is 5.92 Å². The molecule has 24 heavy (non-hydrogen) atoms. The van der Waals surface area contributed by atoms with E-state index < -0.39 is 5.60 Å². The molecule has 1 amide bonds. The molecule has 2 atom stereocenters. The van der Waals surface area contributed by atoms with Gasteiger partial charge < -0.3 is 14.4 Å². The minimum atomic E-state index is -0.467. The van der Waals surface area contributed by atoms with Gasteiger partial charge in [0.2, 0.25) is 0 Å². The van der Waals surface area contributed by atoms with Crippen LogP contribution in [0, 0.1) is 5.92 Å². The Balaban J connectivity index is 2.01. The van der Waals surface area contributed by atoms with Crippen LogP contribution in [0.5, 0.6) is 5.75 Å². The van der Waals surface area contributed by atoms with Gasteiger partial charge in [0, 0.05) is 25.2 Å². The van der Waals surface area contributed by atoms with Crippen LogP contribution in [-0.4, -0.2) is 40.8 Å². The van der Waals surface area contributed by atoms with Crippen molar-refractivity contribution in [3.8, 4) is 5.75 Å². The van der Waals surface area contributed by atoms with Crippen LogP contribution in [0.15, 0.2) is 22.9 Å². The topological polar surface area (TPSA) is 51.7 Å². The number of carbonyl (C=O) groups is 1. The van der Waals surface area contributed by atoms with Crippen LogP contribution in [0.1, 0.15) is 47.0 Å². The van der Waals surface area contributed by atoms with Gasteiger partial charge in [0.1, 0.15) is 16.3 Å². The standard InChI is InChI=1S/C18H27BrN2O3/c1-5-14(23-15-9-6-10-20-16(15)19)13-8-7-11-21(12-13)17(22)24-18(2,3)4/h6,9-10,13-14H,5,7-8,11-12H2,1-4H3/t13-,14-/m0/s1. The maximum absolute atomic E-state index is 12.3. The maximum Gasteiger partial charge on any atom is 0.410 e. The van der Waals surface area contributed by atoms with E-state index in [9.17, 15) is 4.79 Å². The lowest BCUT2D eigenvalue weighted by Gasteiger charge is -2.37. The summed E-state index contributed by atoms with van der Waals surface area (Å²) in [6.07, 6.45) is 4.45. The van der Waals surface area contributed by atoms with Crippen molar-refractivity contribution < 1.29 is 14.3 Å². The number of halogens is 1. The summed E-state index contributed by atoms with van der Waals surface area (Å²) in [7, 11) is 0. The van der Waals surface area contributed by atoms with Crippen LogP contribution in [0.3, 0.4) is 0 Å².